The molecule has 8 heteroatoms. The second-order valence-electron chi connectivity index (χ2n) is 3.50. The maximum Gasteiger partial charge on any atom is 0.293 e. The van der Waals surface area contributed by atoms with Crippen LogP contribution in [-0.2, 0) is 0 Å². The molecule has 0 aromatic carbocycles. The molecule has 1 rings (SSSR count). The van der Waals surface area contributed by atoms with Crippen LogP contribution in [0.3, 0.4) is 0 Å². The number of halogens is 1. The number of hydrogen-bond acceptors (Lipinski definition) is 6. The second kappa shape index (κ2) is 6.48. The Labute approximate surface area is 108 Å². The average Bonchev–Trinajstić information content (AvgIpc) is 2.37. The molecule has 18 heavy (non-hydrogen) atoms. The Morgan fingerprint density at radius 3 is 2.72 bits per heavy atom. The molecule has 2 atom stereocenters. The van der Waals surface area contributed by atoms with E-state index in [1.807, 2.05) is 0 Å². The number of alkyl halides is 1. The predicted octanol–water partition coefficient (Wildman–Crippen LogP) is 1.02. The molecule has 1 heterocycles. The van der Waals surface area contributed by atoms with E-state index in [0.29, 0.717) is 0 Å². The van der Waals surface area contributed by atoms with Crippen LogP contribution in [0, 0.1) is 10.1 Å². The SMILES string of the molecule is COc1ccc([N+](=O)[O-])c(C(O)C(O)CCCl)n1. The zero-order valence-electron chi connectivity index (χ0n) is 9.62. The number of aliphatic hydroxyl groups is 2. The standard InChI is InChI=1S/C10H13ClN2O5/c1-18-8-3-2-6(13(16)17)9(12-8)10(15)7(14)4-5-11/h2-3,7,10,14-15H,4-5H2,1H3. The van der Waals surface area contributed by atoms with Crippen molar-refractivity contribution in [1.82, 2.24) is 4.98 Å². The van der Waals surface area contributed by atoms with Crippen molar-refractivity contribution in [3.8, 4) is 5.88 Å². The number of hydrogen-bond donors (Lipinski definition) is 2. The van der Waals surface area contributed by atoms with Crippen LogP contribution in [0.15, 0.2) is 12.1 Å². The number of aliphatic hydroxyl groups excluding tert-OH is 2. The topological polar surface area (TPSA) is 106 Å². The Hall–Kier alpha value is -1.44. The lowest BCUT2D eigenvalue weighted by molar-refractivity contribution is -0.386. The third-order valence-electron chi connectivity index (χ3n) is 2.33. The van der Waals surface area contributed by atoms with E-state index < -0.39 is 17.1 Å². The summed E-state index contributed by atoms with van der Waals surface area (Å²) in [6, 6.07) is 2.47. The molecule has 0 aliphatic rings. The third-order valence-corrected chi connectivity index (χ3v) is 2.55. The first kappa shape index (κ1) is 14.6. The zero-order valence-corrected chi connectivity index (χ0v) is 10.4. The van der Waals surface area contributed by atoms with E-state index in [0.717, 1.165) is 6.07 Å². The molecule has 0 radical (unpaired) electrons. The van der Waals surface area contributed by atoms with Crippen molar-refractivity contribution in [2.75, 3.05) is 13.0 Å². The smallest absolute Gasteiger partial charge is 0.293 e. The second-order valence-corrected chi connectivity index (χ2v) is 3.88. The van der Waals surface area contributed by atoms with E-state index in [2.05, 4.69) is 4.98 Å². The van der Waals surface area contributed by atoms with Gasteiger partial charge in [0.05, 0.1) is 18.1 Å². The van der Waals surface area contributed by atoms with E-state index in [-0.39, 0.29) is 29.6 Å². The molecule has 0 saturated heterocycles. The molecule has 7 nitrogen and oxygen atoms in total. The molecule has 0 spiro atoms. The van der Waals surface area contributed by atoms with Crippen LogP contribution >= 0.6 is 11.6 Å². The van der Waals surface area contributed by atoms with Gasteiger partial charge in [-0.15, -0.1) is 11.6 Å². The van der Waals surface area contributed by atoms with Crippen molar-refractivity contribution in [2.24, 2.45) is 0 Å². The first-order valence-corrected chi connectivity index (χ1v) is 5.66. The molecule has 0 saturated carbocycles. The fourth-order valence-electron chi connectivity index (χ4n) is 1.39. The highest BCUT2D eigenvalue weighted by atomic mass is 35.5. The Morgan fingerprint density at radius 2 is 2.22 bits per heavy atom. The number of nitrogens with zero attached hydrogens (tertiary/aromatic N) is 2. The Morgan fingerprint density at radius 1 is 1.56 bits per heavy atom. The summed E-state index contributed by atoms with van der Waals surface area (Å²) in [6.45, 7) is 0. The summed E-state index contributed by atoms with van der Waals surface area (Å²) in [5.74, 6) is 0.239. The fourth-order valence-corrected chi connectivity index (χ4v) is 1.61. The normalized spacial score (nSPS) is 14.0. The minimum Gasteiger partial charge on any atom is -0.481 e. The number of rotatable bonds is 6. The van der Waals surface area contributed by atoms with Crippen LogP contribution in [0.2, 0.25) is 0 Å². The summed E-state index contributed by atoms with van der Waals surface area (Å²) >= 11 is 5.44. The minimum absolute atomic E-state index is 0.0960. The molecule has 2 N–H and O–H groups in total. The predicted molar refractivity (Wildman–Crippen MR) is 63.7 cm³/mol. The molecule has 0 aliphatic carbocycles. The first-order chi connectivity index (χ1) is 8.51. The molecular formula is C10H13ClN2O5. The third kappa shape index (κ3) is 3.28. The highest BCUT2D eigenvalue weighted by Gasteiger charge is 2.28. The van der Waals surface area contributed by atoms with Crippen LogP contribution in [-0.4, -0.2) is 39.2 Å². The van der Waals surface area contributed by atoms with Crippen molar-refractivity contribution in [3.05, 3.63) is 27.9 Å². The maximum absolute atomic E-state index is 10.8. The van der Waals surface area contributed by atoms with Gasteiger partial charge in [0.2, 0.25) is 5.88 Å². The van der Waals surface area contributed by atoms with Gasteiger partial charge in [-0.2, -0.15) is 0 Å². The van der Waals surface area contributed by atoms with E-state index in [1.165, 1.54) is 13.2 Å². The van der Waals surface area contributed by atoms with Gasteiger partial charge in [-0.1, -0.05) is 0 Å². The molecule has 0 fully saturated rings. The van der Waals surface area contributed by atoms with E-state index in [9.17, 15) is 20.3 Å². The molecular weight excluding hydrogens is 264 g/mol. The summed E-state index contributed by atoms with van der Waals surface area (Å²) in [5, 5.41) is 30.3. The largest absolute Gasteiger partial charge is 0.481 e. The van der Waals surface area contributed by atoms with Crippen LogP contribution in [0.4, 0.5) is 5.69 Å². The van der Waals surface area contributed by atoms with Crippen molar-refractivity contribution in [2.45, 2.75) is 18.6 Å². The number of nitro groups is 1. The fraction of sp³-hybridized carbons (Fsp3) is 0.500. The van der Waals surface area contributed by atoms with Crippen LogP contribution in [0.25, 0.3) is 0 Å². The average molecular weight is 277 g/mol. The monoisotopic (exact) mass is 276 g/mol. The van der Waals surface area contributed by atoms with Gasteiger partial charge in [0.15, 0.2) is 5.69 Å². The lowest BCUT2D eigenvalue weighted by Crippen LogP contribution is -2.21. The van der Waals surface area contributed by atoms with Gasteiger partial charge in [0.1, 0.15) is 6.10 Å². The Kier molecular flexibility index (Phi) is 5.26. The van der Waals surface area contributed by atoms with Gasteiger partial charge in [-0.25, -0.2) is 4.98 Å². The highest BCUT2D eigenvalue weighted by molar-refractivity contribution is 6.17. The lowest BCUT2D eigenvalue weighted by atomic mass is 10.1. The van der Waals surface area contributed by atoms with Crippen molar-refractivity contribution in [3.63, 3.8) is 0 Å². The van der Waals surface area contributed by atoms with Gasteiger partial charge >= 0.3 is 0 Å². The zero-order chi connectivity index (χ0) is 13.7. The van der Waals surface area contributed by atoms with Crippen LogP contribution in [0.1, 0.15) is 18.2 Å². The van der Waals surface area contributed by atoms with Crippen molar-refractivity contribution in [1.29, 1.82) is 0 Å². The van der Waals surface area contributed by atoms with Gasteiger partial charge in [-0.3, -0.25) is 10.1 Å². The summed E-state index contributed by atoms with van der Waals surface area (Å²) in [7, 11) is 1.35. The van der Waals surface area contributed by atoms with Gasteiger partial charge < -0.3 is 14.9 Å². The molecule has 100 valence electrons. The summed E-state index contributed by atoms with van der Waals surface area (Å²) in [5.41, 5.74) is -0.617. The summed E-state index contributed by atoms with van der Waals surface area (Å²) in [4.78, 5) is 13.9. The lowest BCUT2D eigenvalue weighted by Gasteiger charge is -2.16. The number of ether oxygens (including phenoxy) is 1. The quantitative estimate of drug-likeness (QED) is 0.456. The number of methoxy groups -OCH3 is 1. The Balaban J connectivity index is 3.14. The maximum atomic E-state index is 10.8. The van der Waals surface area contributed by atoms with Crippen molar-refractivity contribution < 1.29 is 19.9 Å². The van der Waals surface area contributed by atoms with Gasteiger partial charge in [0.25, 0.3) is 5.69 Å². The molecule has 0 bridgehead atoms. The number of pyridine rings is 1. The van der Waals surface area contributed by atoms with Crippen LogP contribution in [0.5, 0.6) is 5.88 Å². The van der Waals surface area contributed by atoms with Gasteiger partial charge in [-0.05, 0) is 6.42 Å². The molecule has 1 aromatic heterocycles. The highest BCUT2D eigenvalue weighted by Crippen LogP contribution is 2.28. The van der Waals surface area contributed by atoms with Crippen molar-refractivity contribution >= 4 is 17.3 Å². The molecule has 1 aromatic rings. The van der Waals surface area contributed by atoms with Gasteiger partial charge in [0, 0.05) is 18.0 Å². The summed E-state index contributed by atoms with van der Waals surface area (Å²) in [6.07, 6.45) is -2.61. The molecule has 2 unspecified atom stereocenters. The molecule has 0 aliphatic heterocycles. The van der Waals surface area contributed by atoms with Crippen LogP contribution < -0.4 is 4.74 Å². The summed E-state index contributed by atoms with van der Waals surface area (Å²) < 4.78 is 4.83. The van der Waals surface area contributed by atoms with E-state index in [4.69, 9.17) is 16.3 Å². The number of aromatic nitrogens is 1. The van der Waals surface area contributed by atoms with E-state index >= 15 is 0 Å². The van der Waals surface area contributed by atoms with E-state index in [1.54, 1.807) is 0 Å². The Bertz CT molecular complexity index is 429. The first-order valence-electron chi connectivity index (χ1n) is 5.12. The molecule has 0 amide bonds. The minimum atomic E-state index is -1.49.